The van der Waals surface area contributed by atoms with Crippen LogP contribution in [0.25, 0.3) is 10.9 Å². The van der Waals surface area contributed by atoms with Gasteiger partial charge in [0.05, 0.1) is 5.52 Å². The molecule has 0 aliphatic carbocycles. The van der Waals surface area contributed by atoms with Gasteiger partial charge in [-0.2, -0.15) is 0 Å². The first-order valence-electron chi connectivity index (χ1n) is 4.20. The first-order chi connectivity index (χ1) is 6.68. The highest BCUT2D eigenvalue weighted by Gasteiger charge is 2.07. The van der Waals surface area contributed by atoms with Crippen LogP contribution in [0.3, 0.4) is 0 Å². The molecular weight excluding hydrogens is 183 g/mol. The van der Waals surface area contributed by atoms with E-state index in [0.717, 1.165) is 5.39 Å². The van der Waals surface area contributed by atoms with Crippen molar-refractivity contribution in [2.45, 2.75) is 6.54 Å². The van der Waals surface area contributed by atoms with Crippen molar-refractivity contribution in [3.05, 3.63) is 36.3 Å². The third kappa shape index (κ3) is 1.35. The second kappa shape index (κ2) is 3.14. The number of hydrogen-bond acceptors (Lipinski definition) is 1. The number of nitrogens with two attached hydrogens (primary N) is 1. The highest BCUT2D eigenvalue weighted by atomic mass is 19.1. The van der Waals surface area contributed by atoms with E-state index in [-0.39, 0.29) is 12.4 Å². The van der Waals surface area contributed by atoms with Gasteiger partial charge in [0.1, 0.15) is 12.4 Å². The molecule has 0 unspecified atom stereocenters. The summed E-state index contributed by atoms with van der Waals surface area (Å²) in [4.78, 5) is 10.7. The molecule has 0 aliphatic heterocycles. The summed E-state index contributed by atoms with van der Waals surface area (Å²) in [5.74, 6) is -0.820. The Balaban J connectivity index is 2.61. The molecule has 0 fully saturated rings. The highest BCUT2D eigenvalue weighted by Crippen LogP contribution is 2.18. The standard InChI is InChI=1S/C10H9FN2O/c11-8-3-1-2-7-4-5-13(10(7)8)6-9(12)14/h1-5H,6H2,(H2,12,14). The van der Waals surface area contributed by atoms with Crippen molar-refractivity contribution in [2.75, 3.05) is 0 Å². The number of carbonyl (C=O) groups excluding carboxylic acids is 1. The van der Waals surface area contributed by atoms with Crippen molar-refractivity contribution in [3.63, 3.8) is 0 Å². The van der Waals surface area contributed by atoms with E-state index in [1.54, 1.807) is 24.4 Å². The molecule has 0 bridgehead atoms. The first kappa shape index (κ1) is 8.74. The van der Waals surface area contributed by atoms with Crippen LogP contribution >= 0.6 is 0 Å². The molecule has 0 atom stereocenters. The van der Waals surface area contributed by atoms with Gasteiger partial charge in [-0.3, -0.25) is 4.79 Å². The lowest BCUT2D eigenvalue weighted by atomic mass is 10.2. The summed E-state index contributed by atoms with van der Waals surface area (Å²) < 4.78 is 14.9. The van der Waals surface area contributed by atoms with Gasteiger partial charge in [0.25, 0.3) is 0 Å². The largest absolute Gasteiger partial charge is 0.368 e. The van der Waals surface area contributed by atoms with E-state index in [1.807, 2.05) is 0 Å². The maximum Gasteiger partial charge on any atom is 0.237 e. The summed E-state index contributed by atoms with van der Waals surface area (Å²) in [5, 5.41) is 0.770. The predicted molar refractivity (Wildman–Crippen MR) is 51.1 cm³/mol. The fraction of sp³-hybridized carbons (Fsp3) is 0.100. The maximum absolute atomic E-state index is 13.4. The molecule has 0 saturated carbocycles. The Morgan fingerprint density at radius 3 is 2.93 bits per heavy atom. The number of carbonyl (C=O) groups is 1. The minimum atomic E-state index is -0.481. The summed E-state index contributed by atoms with van der Waals surface area (Å²) >= 11 is 0. The van der Waals surface area contributed by atoms with Crippen LogP contribution in [-0.4, -0.2) is 10.5 Å². The van der Waals surface area contributed by atoms with Gasteiger partial charge in [-0.15, -0.1) is 0 Å². The Labute approximate surface area is 79.9 Å². The molecular formula is C10H9FN2O. The van der Waals surface area contributed by atoms with E-state index in [0.29, 0.717) is 5.52 Å². The molecule has 1 amide bonds. The van der Waals surface area contributed by atoms with Crippen molar-refractivity contribution in [1.82, 2.24) is 4.57 Å². The van der Waals surface area contributed by atoms with Gasteiger partial charge in [0.2, 0.25) is 5.91 Å². The van der Waals surface area contributed by atoms with Crippen LogP contribution in [0.1, 0.15) is 0 Å². The molecule has 0 spiro atoms. The van der Waals surface area contributed by atoms with Gasteiger partial charge in [-0.1, -0.05) is 12.1 Å². The van der Waals surface area contributed by atoms with Crippen molar-refractivity contribution < 1.29 is 9.18 Å². The van der Waals surface area contributed by atoms with Crippen LogP contribution in [-0.2, 0) is 11.3 Å². The molecule has 0 radical (unpaired) electrons. The fourth-order valence-corrected chi connectivity index (χ4v) is 1.51. The molecule has 2 rings (SSSR count). The van der Waals surface area contributed by atoms with E-state index in [9.17, 15) is 9.18 Å². The zero-order chi connectivity index (χ0) is 10.1. The maximum atomic E-state index is 13.4. The summed E-state index contributed by atoms with van der Waals surface area (Å²) in [6.07, 6.45) is 1.65. The van der Waals surface area contributed by atoms with Crippen LogP contribution in [0, 0.1) is 5.82 Å². The Hall–Kier alpha value is -1.84. The topological polar surface area (TPSA) is 48.0 Å². The van der Waals surface area contributed by atoms with Crippen molar-refractivity contribution >= 4 is 16.8 Å². The Morgan fingerprint density at radius 2 is 2.21 bits per heavy atom. The SMILES string of the molecule is NC(=O)Cn1ccc2cccc(F)c21. The summed E-state index contributed by atoms with van der Waals surface area (Å²) in [7, 11) is 0. The zero-order valence-electron chi connectivity index (χ0n) is 7.40. The number of primary amides is 1. The second-order valence-corrected chi connectivity index (χ2v) is 3.09. The van der Waals surface area contributed by atoms with Crippen LogP contribution in [0.4, 0.5) is 4.39 Å². The molecule has 1 heterocycles. The summed E-state index contributed by atoms with van der Waals surface area (Å²) in [6.45, 7) is 0.00440. The lowest BCUT2D eigenvalue weighted by Gasteiger charge is -2.02. The Morgan fingerprint density at radius 1 is 1.43 bits per heavy atom. The molecule has 1 aromatic carbocycles. The number of para-hydroxylation sites is 1. The molecule has 0 saturated heterocycles. The third-order valence-corrected chi connectivity index (χ3v) is 2.07. The lowest BCUT2D eigenvalue weighted by Crippen LogP contribution is -2.18. The molecule has 3 nitrogen and oxygen atoms in total. The smallest absolute Gasteiger partial charge is 0.237 e. The van der Waals surface area contributed by atoms with E-state index in [2.05, 4.69) is 0 Å². The highest BCUT2D eigenvalue weighted by molar-refractivity contribution is 5.83. The van der Waals surface area contributed by atoms with Gasteiger partial charge in [0, 0.05) is 11.6 Å². The number of fused-ring (bicyclic) bond motifs is 1. The zero-order valence-corrected chi connectivity index (χ0v) is 7.40. The molecule has 72 valence electrons. The van der Waals surface area contributed by atoms with Gasteiger partial charge < -0.3 is 10.3 Å². The molecule has 2 aromatic rings. The lowest BCUT2D eigenvalue weighted by molar-refractivity contribution is -0.118. The number of nitrogens with zero attached hydrogens (tertiary/aromatic N) is 1. The van der Waals surface area contributed by atoms with Crippen LogP contribution in [0.2, 0.25) is 0 Å². The van der Waals surface area contributed by atoms with Crippen molar-refractivity contribution in [2.24, 2.45) is 5.73 Å². The van der Waals surface area contributed by atoms with Gasteiger partial charge in [-0.05, 0) is 12.1 Å². The summed E-state index contributed by atoms with van der Waals surface area (Å²) in [6, 6.07) is 6.53. The minimum absolute atomic E-state index is 0.00440. The van der Waals surface area contributed by atoms with E-state index in [4.69, 9.17) is 5.73 Å². The Kier molecular flexibility index (Phi) is 1.96. The molecule has 2 N–H and O–H groups in total. The number of rotatable bonds is 2. The van der Waals surface area contributed by atoms with Gasteiger partial charge in [-0.25, -0.2) is 4.39 Å². The molecule has 14 heavy (non-hydrogen) atoms. The monoisotopic (exact) mass is 192 g/mol. The van der Waals surface area contributed by atoms with E-state index >= 15 is 0 Å². The number of benzene rings is 1. The predicted octanol–water partition coefficient (Wildman–Crippen LogP) is 1.27. The molecule has 1 aromatic heterocycles. The van der Waals surface area contributed by atoms with Gasteiger partial charge >= 0.3 is 0 Å². The average Bonchev–Trinajstić information content (AvgIpc) is 2.49. The Bertz CT molecular complexity index is 490. The number of amides is 1. The van der Waals surface area contributed by atoms with Crippen molar-refractivity contribution in [1.29, 1.82) is 0 Å². The van der Waals surface area contributed by atoms with Crippen LogP contribution in [0.5, 0.6) is 0 Å². The quantitative estimate of drug-likeness (QED) is 0.765. The number of halogens is 1. The third-order valence-electron chi connectivity index (χ3n) is 2.07. The average molecular weight is 192 g/mol. The minimum Gasteiger partial charge on any atom is -0.368 e. The second-order valence-electron chi connectivity index (χ2n) is 3.09. The van der Waals surface area contributed by atoms with E-state index in [1.165, 1.54) is 10.6 Å². The van der Waals surface area contributed by atoms with Crippen LogP contribution in [0.15, 0.2) is 30.5 Å². The normalized spacial score (nSPS) is 10.6. The van der Waals surface area contributed by atoms with Gasteiger partial charge in [0.15, 0.2) is 0 Å². The molecule has 4 heteroatoms. The fourth-order valence-electron chi connectivity index (χ4n) is 1.51. The summed E-state index contributed by atoms with van der Waals surface area (Å²) in [5.41, 5.74) is 5.47. The molecule has 0 aliphatic rings. The number of aromatic nitrogens is 1. The number of hydrogen-bond donors (Lipinski definition) is 1. The van der Waals surface area contributed by atoms with E-state index < -0.39 is 5.91 Å². The van der Waals surface area contributed by atoms with Crippen LogP contribution < -0.4 is 5.73 Å². The van der Waals surface area contributed by atoms with Crippen molar-refractivity contribution in [3.8, 4) is 0 Å². The first-order valence-corrected chi connectivity index (χ1v) is 4.20.